The third-order valence-corrected chi connectivity index (χ3v) is 6.36. The molecule has 0 radical (unpaired) electrons. The number of carbonyl (C=O) groups is 3. The Morgan fingerprint density at radius 2 is 1.73 bits per heavy atom. The average Bonchev–Trinajstić information content (AvgIpc) is 3.20. The smallest absolute Gasteiger partial charge is 0.407 e. The van der Waals surface area contributed by atoms with Crippen LogP contribution in [-0.4, -0.2) is 40.1 Å². The monoisotopic (exact) mass is 514 g/mol. The summed E-state index contributed by atoms with van der Waals surface area (Å²) < 4.78 is 5.93. The van der Waals surface area contributed by atoms with Gasteiger partial charge in [0.25, 0.3) is 11.8 Å². The van der Waals surface area contributed by atoms with Gasteiger partial charge < -0.3 is 20.7 Å². The molecule has 5 rings (SSSR count). The zero-order valence-corrected chi connectivity index (χ0v) is 20.4. The first-order chi connectivity index (χ1) is 15.5. The number of aromatic nitrogens is 1. The number of pyridine rings is 1. The van der Waals surface area contributed by atoms with Crippen LogP contribution in [0.3, 0.4) is 0 Å². The highest BCUT2D eigenvalue weighted by Crippen LogP contribution is 2.52. The van der Waals surface area contributed by atoms with Crippen molar-refractivity contribution >= 4 is 39.5 Å². The fraction of sp³-hybridized carbons (Fsp3) is 0.417. The average molecular weight is 515 g/mol. The molecule has 1 atom stereocenters. The molecule has 0 aliphatic heterocycles. The van der Waals surface area contributed by atoms with Gasteiger partial charge in [-0.2, -0.15) is 0 Å². The number of fused-ring (bicyclic) bond motifs is 1. The number of rotatable bonds is 5. The first kappa shape index (κ1) is 23.2. The van der Waals surface area contributed by atoms with Crippen LogP contribution in [0.2, 0.25) is 0 Å². The molecule has 174 valence electrons. The van der Waals surface area contributed by atoms with Gasteiger partial charge in [-0.1, -0.05) is 6.07 Å². The molecule has 3 N–H and O–H groups in total. The van der Waals surface area contributed by atoms with Gasteiger partial charge in [0.05, 0.1) is 0 Å². The maximum Gasteiger partial charge on any atom is 0.407 e. The molecular formula is C24H27BrN4O4. The lowest BCUT2D eigenvalue weighted by atomic mass is 9.76. The van der Waals surface area contributed by atoms with E-state index in [9.17, 15) is 14.4 Å². The number of halogens is 1. The molecule has 3 aliphatic rings. The minimum atomic E-state index is -0.544. The van der Waals surface area contributed by atoms with E-state index in [1.54, 1.807) is 42.5 Å². The Kier molecular flexibility index (Phi) is 6.18. The predicted octanol–water partition coefficient (Wildman–Crippen LogP) is 4.27. The first-order valence-electron chi connectivity index (χ1n) is 10.9. The minimum Gasteiger partial charge on any atom is -0.444 e. The predicted molar refractivity (Wildman–Crippen MR) is 127 cm³/mol. The highest BCUT2D eigenvalue weighted by atomic mass is 79.9. The quantitative estimate of drug-likeness (QED) is 0.516. The number of carbonyl (C=O) groups excluding carboxylic acids is 3. The van der Waals surface area contributed by atoms with Crippen LogP contribution in [0.1, 0.15) is 60.9 Å². The number of amides is 3. The van der Waals surface area contributed by atoms with Gasteiger partial charge in [0.1, 0.15) is 15.9 Å². The van der Waals surface area contributed by atoms with E-state index < -0.39 is 11.7 Å². The SMILES string of the molecule is CC(C)(C)OC(=O)N[C@H]1CC2(NC(=O)c3ccc(NC(=O)c4cccc(Br)n4)cc3)CC1C2. The van der Waals surface area contributed by atoms with Gasteiger partial charge in [-0.05, 0) is 98.3 Å². The molecular weight excluding hydrogens is 488 g/mol. The molecule has 3 saturated carbocycles. The zero-order chi connectivity index (χ0) is 23.8. The van der Waals surface area contributed by atoms with Crippen LogP contribution in [-0.2, 0) is 4.74 Å². The number of benzene rings is 1. The highest BCUT2D eigenvalue weighted by molar-refractivity contribution is 9.10. The van der Waals surface area contributed by atoms with E-state index in [2.05, 4.69) is 36.9 Å². The van der Waals surface area contributed by atoms with Crippen LogP contribution in [0.25, 0.3) is 0 Å². The normalized spacial score (nSPS) is 23.3. The Bertz CT molecular complexity index is 1070. The van der Waals surface area contributed by atoms with Gasteiger partial charge in [0.2, 0.25) is 0 Å². The second-order valence-electron chi connectivity index (χ2n) is 9.74. The summed E-state index contributed by atoms with van der Waals surface area (Å²) in [5.74, 6) is -0.151. The molecule has 1 aromatic heterocycles. The van der Waals surface area contributed by atoms with E-state index >= 15 is 0 Å². The van der Waals surface area contributed by atoms with Crippen molar-refractivity contribution in [3.05, 3.63) is 58.3 Å². The molecule has 9 heteroatoms. The van der Waals surface area contributed by atoms with Crippen molar-refractivity contribution in [2.45, 2.75) is 57.2 Å². The third kappa shape index (κ3) is 5.52. The lowest BCUT2D eigenvalue weighted by Crippen LogP contribution is -2.51. The van der Waals surface area contributed by atoms with Crippen LogP contribution in [0.4, 0.5) is 10.5 Å². The van der Waals surface area contributed by atoms with E-state index in [0.717, 1.165) is 12.8 Å². The molecule has 0 saturated heterocycles. The van der Waals surface area contributed by atoms with Gasteiger partial charge >= 0.3 is 6.09 Å². The summed E-state index contributed by atoms with van der Waals surface area (Å²) in [6.07, 6.45) is 1.95. The van der Waals surface area contributed by atoms with Crippen molar-refractivity contribution in [2.24, 2.45) is 5.92 Å². The van der Waals surface area contributed by atoms with Gasteiger partial charge in [0, 0.05) is 22.8 Å². The van der Waals surface area contributed by atoms with E-state index in [4.69, 9.17) is 4.74 Å². The Labute approximate surface area is 201 Å². The summed E-state index contributed by atoms with van der Waals surface area (Å²) in [7, 11) is 0. The van der Waals surface area contributed by atoms with E-state index in [1.807, 2.05) is 20.8 Å². The van der Waals surface area contributed by atoms with E-state index in [1.165, 1.54) is 0 Å². The van der Waals surface area contributed by atoms with E-state index in [0.29, 0.717) is 33.9 Å². The Balaban J connectivity index is 1.31. The number of nitrogens with one attached hydrogen (secondary N) is 3. The third-order valence-electron chi connectivity index (χ3n) is 5.92. The van der Waals surface area contributed by atoms with Crippen molar-refractivity contribution < 1.29 is 19.1 Å². The summed E-state index contributed by atoms with van der Waals surface area (Å²) in [6, 6.07) is 11.8. The van der Waals surface area contributed by atoms with Gasteiger partial charge in [-0.3, -0.25) is 9.59 Å². The van der Waals surface area contributed by atoms with Crippen LogP contribution in [0.15, 0.2) is 47.1 Å². The zero-order valence-electron chi connectivity index (χ0n) is 18.8. The minimum absolute atomic E-state index is 0.00405. The molecule has 1 aromatic carbocycles. The molecule has 1 heterocycles. The number of hydrogen-bond donors (Lipinski definition) is 3. The molecule has 2 aromatic rings. The van der Waals surface area contributed by atoms with Crippen LogP contribution in [0.5, 0.6) is 0 Å². The summed E-state index contributed by atoms with van der Waals surface area (Å²) in [5, 5.41) is 8.87. The molecule has 3 fully saturated rings. The Morgan fingerprint density at radius 1 is 1.03 bits per heavy atom. The van der Waals surface area contributed by atoms with Crippen LogP contribution >= 0.6 is 15.9 Å². The van der Waals surface area contributed by atoms with Gasteiger partial charge in [0.15, 0.2) is 0 Å². The number of alkyl carbamates (subject to hydrolysis) is 1. The molecule has 3 aliphatic carbocycles. The second kappa shape index (κ2) is 8.78. The lowest BCUT2D eigenvalue weighted by molar-refractivity contribution is 0.0492. The number of ether oxygens (including phenoxy) is 1. The maximum absolute atomic E-state index is 12.8. The molecule has 8 nitrogen and oxygen atoms in total. The molecule has 33 heavy (non-hydrogen) atoms. The molecule has 0 unspecified atom stereocenters. The van der Waals surface area contributed by atoms with Crippen molar-refractivity contribution in [3.63, 3.8) is 0 Å². The second-order valence-corrected chi connectivity index (χ2v) is 10.5. The summed E-state index contributed by atoms with van der Waals surface area (Å²) in [6.45, 7) is 5.49. The van der Waals surface area contributed by atoms with Crippen molar-refractivity contribution in [2.75, 3.05) is 5.32 Å². The van der Waals surface area contributed by atoms with Gasteiger partial charge in [-0.25, -0.2) is 9.78 Å². The van der Waals surface area contributed by atoms with Crippen molar-refractivity contribution in [1.29, 1.82) is 0 Å². The molecule has 3 amide bonds. The highest BCUT2D eigenvalue weighted by Gasteiger charge is 2.57. The summed E-state index contributed by atoms with van der Waals surface area (Å²) in [5.41, 5.74) is 0.538. The fourth-order valence-electron chi connectivity index (χ4n) is 4.51. The number of nitrogens with zero attached hydrogens (tertiary/aromatic N) is 1. The van der Waals surface area contributed by atoms with Crippen molar-refractivity contribution in [3.8, 4) is 0 Å². The summed E-state index contributed by atoms with van der Waals surface area (Å²) >= 11 is 3.25. The number of anilines is 1. The lowest BCUT2D eigenvalue weighted by Gasteiger charge is -2.39. The summed E-state index contributed by atoms with van der Waals surface area (Å²) in [4.78, 5) is 41.4. The fourth-order valence-corrected chi connectivity index (χ4v) is 4.86. The first-order valence-corrected chi connectivity index (χ1v) is 11.7. The molecule has 0 spiro atoms. The maximum atomic E-state index is 12.8. The van der Waals surface area contributed by atoms with E-state index in [-0.39, 0.29) is 23.4 Å². The largest absolute Gasteiger partial charge is 0.444 e. The van der Waals surface area contributed by atoms with Crippen LogP contribution in [0, 0.1) is 5.92 Å². The Hall–Kier alpha value is -2.94. The van der Waals surface area contributed by atoms with Gasteiger partial charge in [-0.15, -0.1) is 0 Å². The standard InChI is InChI=1S/C24H27BrN4O4/c1-23(2,3)33-22(32)28-18-13-24(11-15(18)12-24)29-20(30)14-7-9-16(10-8-14)26-21(31)17-5-4-6-19(25)27-17/h4-10,15,18H,11-13H2,1-3H3,(H,26,31)(H,28,32)(H,29,30)/t15?,18-,24?/m0/s1. The topological polar surface area (TPSA) is 109 Å². The number of hydrogen-bond acceptors (Lipinski definition) is 5. The molecule has 2 bridgehead atoms. The Morgan fingerprint density at radius 3 is 2.36 bits per heavy atom. The van der Waals surface area contributed by atoms with Crippen LogP contribution < -0.4 is 16.0 Å². The van der Waals surface area contributed by atoms with Crippen molar-refractivity contribution in [1.82, 2.24) is 15.6 Å².